The number of hydrogen-bond acceptors (Lipinski definition) is 0. The van der Waals surface area contributed by atoms with Gasteiger partial charge in [0.25, 0.3) is 0 Å². The summed E-state index contributed by atoms with van der Waals surface area (Å²) in [5.41, 5.74) is 0. The molecular weight excluding hydrogens is 370 g/mol. The molecule has 0 heterocycles. The van der Waals surface area contributed by atoms with Crippen LogP contribution in [0.15, 0.2) is 0 Å². The fraction of sp³-hybridized carbons (Fsp3) is 1.00. The van der Waals surface area contributed by atoms with Crippen LogP contribution in [0.3, 0.4) is 0 Å². The predicted molar refractivity (Wildman–Crippen MR) is 98.9 cm³/mol. The third-order valence-corrected chi connectivity index (χ3v) is 21.2. The Morgan fingerprint density at radius 1 is 0.550 bits per heavy atom. The van der Waals surface area contributed by atoms with Gasteiger partial charge in [0.2, 0.25) is 0 Å². The van der Waals surface area contributed by atoms with Gasteiger partial charge < -0.3 is 0 Å². The van der Waals surface area contributed by atoms with Crippen molar-refractivity contribution in [2.24, 2.45) is 0 Å². The molecule has 0 atom stereocenters. The standard InChI is InChI=1S/C6H12Cl.3C4H9.Sn/c1-2-3-4-5-6-7;3*1-3-4-2;/h1-6H2;3*1,3-4H2,2H3;. The van der Waals surface area contributed by atoms with Crippen LogP contribution in [0, 0.1) is 0 Å². The Labute approximate surface area is 138 Å². The van der Waals surface area contributed by atoms with Gasteiger partial charge in [-0.3, -0.25) is 0 Å². The zero-order valence-corrected chi connectivity index (χ0v) is 18.1. The molecule has 0 saturated carbocycles. The van der Waals surface area contributed by atoms with E-state index in [2.05, 4.69) is 20.8 Å². The van der Waals surface area contributed by atoms with Crippen molar-refractivity contribution in [1.29, 1.82) is 0 Å². The molecule has 20 heavy (non-hydrogen) atoms. The summed E-state index contributed by atoms with van der Waals surface area (Å²) in [6.45, 7) is 7.12. The molecule has 0 aromatic heterocycles. The van der Waals surface area contributed by atoms with Gasteiger partial charge >= 0.3 is 139 Å². The third-order valence-electron chi connectivity index (χ3n) is 4.77. The van der Waals surface area contributed by atoms with E-state index in [1.807, 2.05) is 0 Å². The van der Waals surface area contributed by atoms with E-state index in [1.165, 1.54) is 64.2 Å². The maximum absolute atomic E-state index is 5.79. The van der Waals surface area contributed by atoms with Crippen LogP contribution in [0.5, 0.6) is 0 Å². The Morgan fingerprint density at radius 2 is 0.950 bits per heavy atom. The zero-order valence-electron chi connectivity index (χ0n) is 14.5. The average Bonchev–Trinajstić information content (AvgIpc) is 2.48. The van der Waals surface area contributed by atoms with E-state index in [9.17, 15) is 0 Å². The van der Waals surface area contributed by atoms with E-state index in [-0.39, 0.29) is 0 Å². The van der Waals surface area contributed by atoms with Crippen molar-refractivity contribution in [3.63, 3.8) is 0 Å². The molecule has 0 nitrogen and oxygen atoms in total. The Morgan fingerprint density at radius 3 is 1.35 bits per heavy atom. The quantitative estimate of drug-likeness (QED) is 0.148. The van der Waals surface area contributed by atoms with Gasteiger partial charge in [-0.1, -0.05) is 0 Å². The summed E-state index contributed by atoms with van der Waals surface area (Å²) in [4.78, 5) is 0. The first-order valence-electron chi connectivity index (χ1n) is 9.30. The summed E-state index contributed by atoms with van der Waals surface area (Å²) in [6, 6.07) is 0. The third kappa shape index (κ3) is 10.8. The van der Waals surface area contributed by atoms with Crippen LogP contribution in [0.25, 0.3) is 0 Å². The van der Waals surface area contributed by atoms with Crippen LogP contribution < -0.4 is 0 Å². The fourth-order valence-electron chi connectivity index (χ4n) is 3.35. The van der Waals surface area contributed by atoms with Gasteiger partial charge in [0.15, 0.2) is 0 Å². The summed E-state index contributed by atoms with van der Waals surface area (Å²) in [5.74, 6) is 0.857. The molecule has 122 valence electrons. The van der Waals surface area contributed by atoms with Crippen molar-refractivity contribution in [2.45, 2.75) is 103 Å². The van der Waals surface area contributed by atoms with Gasteiger partial charge in [0.1, 0.15) is 0 Å². The van der Waals surface area contributed by atoms with E-state index in [0.29, 0.717) is 0 Å². The Balaban J connectivity index is 4.34. The van der Waals surface area contributed by atoms with E-state index in [0.717, 1.165) is 5.88 Å². The van der Waals surface area contributed by atoms with Crippen molar-refractivity contribution in [1.82, 2.24) is 0 Å². The minimum atomic E-state index is -1.78. The second-order valence-electron chi connectivity index (χ2n) is 6.66. The first-order chi connectivity index (χ1) is 9.74. The van der Waals surface area contributed by atoms with Gasteiger partial charge in [0, 0.05) is 0 Å². The maximum atomic E-state index is 5.79. The van der Waals surface area contributed by atoms with Gasteiger partial charge in [-0.15, -0.1) is 0 Å². The van der Waals surface area contributed by atoms with Gasteiger partial charge in [-0.05, 0) is 0 Å². The van der Waals surface area contributed by atoms with E-state index in [1.54, 1.807) is 17.7 Å². The van der Waals surface area contributed by atoms with E-state index < -0.39 is 18.4 Å². The van der Waals surface area contributed by atoms with Crippen LogP contribution in [-0.2, 0) is 0 Å². The number of hydrogen-bond donors (Lipinski definition) is 0. The van der Waals surface area contributed by atoms with Gasteiger partial charge in [-0.25, -0.2) is 0 Å². The molecule has 0 rings (SSSR count). The molecule has 0 saturated heterocycles. The molecular formula is C18H39ClSn. The summed E-state index contributed by atoms with van der Waals surface area (Å²) in [7, 11) is 0. The van der Waals surface area contributed by atoms with E-state index >= 15 is 0 Å². The molecule has 0 aliphatic heterocycles. The van der Waals surface area contributed by atoms with Crippen LogP contribution in [0.1, 0.15) is 85.0 Å². The second kappa shape index (κ2) is 15.0. The number of alkyl halides is 1. The van der Waals surface area contributed by atoms with Crippen LogP contribution in [0.4, 0.5) is 0 Å². The van der Waals surface area contributed by atoms with Crippen LogP contribution in [-0.4, -0.2) is 24.3 Å². The number of rotatable bonds is 15. The van der Waals surface area contributed by atoms with Crippen molar-refractivity contribution >= 4 is 30.0 Å². The fourth-order valence-corrected chi connectivity index (χ4v) is 20.1. The molecule has 0 bridgehead atoms. The summed E-state index contributed by atoms with van der Waals surface area (Å²) in [5, 5.41) is 0. The SMILES string of the molecule is CCC[CH2][Sn]([CH2]CCC)([CH2]CCC)[CH2]CCCCCCl. The molecule has 0 spiro atoms. The zero-order chi connectivity index (χ0) is 15.1. The Bertz CT molecular complexity index is 172. The topological polar surface area (TPSA) is 0 Å². The van der Waals surface area contributed by atoms with E-state index in [4.69, 9.17) is 11.6 Å². The van der Waals surface area contributed by atoms with Crippen LogP contribution >= 0.6 is 11.6 Å². The normalized spacial score (nSPS) is 12.0. The molecule has 0 radical (unpaired) electrons. The second-order valence-corrected chi connectivity index (χ2v) is 21.3. The molecule has 0 aliphatic carbocycles. The predicted octanol–water partition coefficient (Wildman–Crippen LogP) is 7.63. The molecule has 0 unspecified atom stereocenters. The summed E-state index contributed by atoms with van der Waals surface area (Å²) >= 11 is 4.01. The summed E-state index contributed by atoms with van der Waals surface area (Å²) in [6.07, 6.45) is 14.3. The van der Waals surface area contributed by atoms with Crippen LogP contribution in [0.2, 0.25) is 17.7 Å². The van der Waals surface area contributed by atoms with Crippen molar-refractivity contribution < 1.29 is 0 Å². The molecule has 0 fully saturated rings. The summed E-state index contributed by atoms with van der Waals surface area (Å²) < 4.78 is 6.72. The van der Waals surface area contributed by atoms with Gasteiger partial charge in [-0.2, -0.15) is 0 Å². The molecule has 0 amide bonds. The monoisotopic (exact) mass is 410 g/mol. The van der Waals surface area contributed by atoms with Crippen molar-refractivity contribution in [3.8, 4) is 0 Å². The number of halogens is 1. The molecule has 2 heteroatoms. The van der Waals surface area contributed by atoms with Crippen molar-refractivity contribution in [2.75, 3.05) is 5.88 Å². The first kappa shape index (κ1) is 21.1. The molecule has 0 N–H and O–H groups in total. The average molecular weight is 410 g/mol. The Kier molecular flexibility index (Phi) is 15.8. The first-order valence-corrected chi connectivity index (χ1v) is 17.9. The Hall–Kier alpha value is 1.09. The molecule has 0 aromatic carbocycles. The number of unbranched alkanes of at least 4 members (excludes halogenated alkanes) is 6. The molecule has 0 aromatic rings. The molecule has 0 aliphatic rings. The minimum absolute atomic E-state index is 0.857. The van der Waals surface area contributed by atoms with Crippen molar-refractivity contribution in [3.05, 3.63) is 0 Å². The van der Waals surface area contributed by atoms with Gasteiger partial charge in [0.05, 0.1) is 0 Å².